The summed E-state index contributed by atoms with van der Waals surface area (Å²) < 4.78 is 1.21. The molecule has 0 aliphatic heterocycles. The molecule has 2 heteroatoms. The number of rotatable bonds is 2. The van der Waals surface area contributed by atoms with Crippen molar-refractivity contribution in [2.24, 2.45) is 11.8 Å². The molecule has 2 aliphatic carbocycles. The van der Waals surface area contributed by atoms with E-state index >= 15 is 0 Å². The van der Waals surface area contributed by atoms with Gasteiger partial charge in [-0.3, -0.25) is 0 Å². The summed E-state index contributed by atoms with van der Waals surface area (Å²) in [6, 6.07) is 7.16. The molecule has 104 valence electrons. The molecule has 3 atom stereocenters. The summed E-state index contributed by atoms with van der Waals surface area (Å²) in [4.78, 5) is 0. The maximum absolute atomic E-state index is 3.79. The van der Waals surface area contributed by atoms with E-state index in [1.54, 1.807) is 0 Å². The summed E-state index contributed by atoms with van der Waals surface area (Å²) in [6.07, 6.45) is 10.1. The molecule has 0 amide bonds. The standard InChI is InChI=1S/C17H24BrN/c1-12-16(18)7-4-8-17(12)19-15-10-9-13-5-2-3-6-14(13)11-15/h4,7-8,13-15,19H,2-3,5-6,9-11H2,1H3. The molecule has 1 aromatic carbocycles. The first kappa shape index (κ1) is 13.5. The van der Waals surface area contributed by atoms with Gasteiger partial charge in [-0.2, -0.15) is 0 Å². The van der Waals surface area contributed by atoms with E-state index in [0.29, 0.717) is 6.04 Å². The molecule has 1 N–H and O–H groups in total. The van der Waals surface area contributed by atoms with Gasteiger partial charge in [-0.25, -0.2) is 0 Å². The second-order valence-corrected chi connectivity index (χ2v) is 7.23. The molecule has 3 unspecified atom stereocenters. The number of hydrogen-bond donors (Lipinski definition) is 1. The molecule has 2 aliphatic rings. The minimum atomic E-state index is 0.687. The monoisotopic (exact) mass is 321 g/mol. The third-order valence-corrected chi connectivity index (χ3v) is 6.03. The second-order valence-electron chi connectivity index (χ2n) is 6.37. The Morgan fingerprint density at radius 2 is 1.84 bits per heavy atom. The van der Waals surface area contributed by atoms with Crippen molar-refractivity contribution in [1.29, 1.82) is 0 Å². The Labute approximate surface area is 125 Å². The Kier molecular flexibility index (Phi) is 4.16. The van der Waals surface area contributed by atoms with Crippen LogP contribution in [0.15, 0.2) is 22.7 Å². The number of halogens is 1. The van der Waals surface area contributed by atoms with Crippen molar-refractivity contribution in [1.82, 2.24) is 0 Å². The van der Waals surface area contributed by atoms with E-state index in [1.807, 2.05) is 0 Å². The normalized spacial score (nSPS) is 30.7. The van der Waals surface area contributed by atoms with Gasteiger partial charge in [0.05, 0.1) is 0 Å². The van der Waals surface area contributed by atoms with Gasteiger partial charge in [0, 0.05) is 16.2 Å². The van der Waals surface area contributed by atoms with E-state index in [1.165, 1.54) is 60.7 Å². The van der Waals surface area contributed by atoms with Crippen LogP contribution in [0.1, 0.15) is 50.5 Å². The highest BCUT2D eigenvalue weighted by Gasteiger charge is 2.32. The fraction of sp³-hybridized carbons (Fsp3) is 0.647. The summed E-state index contributed by atoms with van der Waals surface area (Å²) in [5, 5.41) is 3.79. The van der Waals surface area contributed by atoms with Gasteiger partial charge in [0.1, 0.15) is 0 Å². The molecule has 2 fully saturated rings. The maximum atomic E-state index is 3.79. The van der Waals surface area contributed by atoms with Gasteiger partial charge in [0.2, 0.25) is 0 Å². The first-order valence-electron chi connectivity index (χ1n) is 7.75. The molecule has 0 heterocycles. The van der Waals surface area contributed by atoms with Crippen LogP contribution in [0.4, 0.5) is 5.69 Å². The highest BCUT2D eigenvalue weighted by atomic mass is 79.9. The minimum absolute atomic E-state index is 0.687. The van der Waals surface area contributed by atoms with Gasteiger partial charge in [0.15, 0.2) is 0 Å². The molecule has 0 saturated heterocycles. The Balaban J connectivity index is 1.66. The molecular weight excluding hydrogens is 298 g/mol. The molecule has 1 nitrogen and oxygen atoms in total. The average molecular weight is 322 g/mol. The largest absolute Gasteiger partial charge is 0.382 e. The summed E-state index contributed by atoms with van der Waals surface area (Å²) in [5.74, 6) is 2.03. The van der Waals surface area contributed by atoms with Crippen LogP contribution < -0.4 is 5.32 Å². The van der Waals surface area contributed by atoms with Gasteiger partial charge in [-0.15, -0.1) is 0 Å². The summed E-state index contributed by atoms with van der Waals surface area (Å²) in [7, 11) is 0. The van der Waals surface area contributed by atoms with Crippen LogP contribution in [0.5, 0.6) is 0 Å². The van der Waals surface area contributed by atoms with Gasteiger partial charge >= 0.3 is 0 Å². The molecule has 19 heavy (non-hydrogen) atoms. The van der Waals surface area contributed by atoms with Crippen LogP contribution >= 0.6 is 15.9 Å². The third-order valence-electron chi connectivity index (χ3n) is 5.17. The molecule has 3 rings (SSSR count). The quantitative estimate of drug-likeness (QED) is 0.755. The van der Waals surface area contributed by atoms with Gasteiger partial charge in [-0.05, 0) is 55.7 Å². The van der Waals surface area contributed by atoms with E-state index in [9.17, 15) is 0 Å². The van der Waals surface area contributed by atoms with Crippen molar-refractivity contribution in [2.45, 2.75) is 57.9 Å². The molecule has 0 spiro atoms. The predicted octanol–water partition coefficient (Wildman–Crippen LogP) is 5.53. The van der Waals surface area contributed by atoms with Crippen LogP contribution in [-0.4, -0.2) is 6.04 Å². The maximum Gasteiger partial charge on any atom is 0.0383 e. The van der Waals surface area contributed by atoms with Crippen molar-refractivity contribution in [2.75, 3.05) is 5.32 Å². The van der Waals surface area contributed by atoms with Crippen molar-refractivity contribution < 1.29 is 0 Å². The summed E-state index contributed by atoms with van der Waals surface area (Å²) in [6.45, 7) is 2.19. The first-order valence-corrected chi connectivity index (χ1v) is 8.55. The number of hydrogen-bond acceptors (Lipinski definition) is 1. The average Bonchev–Trinajstić information content (AvgIpc) is 2.44. The van der Waals surface area contributed by atoms with Crippen LogP contribution in [-0.2, 0) is 0 Å². The van der Waals surface area contributed by atoms with E-state index in [4.69, 9.17) is 0 Å². The zero-order valence-electron chi connectivity index (χ0n) is 11.8. The lowest BCUT2D eigenvalue weighted by molar-refractivity contribution is 0.162. The Morgan fingerprint density at radius 3 is 2.68 bits per heavy atom. The third kappa shape index (κ3) is 2.99. The Bertz CT molecular complexity index is 443. The lowest BCUT2D eigenvalue weighted by Crippen LogP contribution is -2.34. The first-order chi connectivity index (χ1) is 9.24. The van der Waals surface area contributed by atoms with E-state index in [2.05, 4.69) is 46.4 Å². The second kappa shape index (κ2) is 5.87. The fourth-order valence-electron chi connectivity index (χ4n) is 3.99. The van der Waals surface area contributed by atoms with Crippen LogP contribution in [0.25, 0.3) is 0 Å². The highest BCUT2D eigenvalue weighted by Crippen LogP contribution is 2.41. The van der Waals surface area contributed by atoms with Crippen molar-refractivity contribution in [3.8, 4) is 0 Å². The van der Waals surface area contributed by atoms with Crippen molar-refractivity contribution in [3.63, 3.8) is 0 Å². The highest BCUT2D eigenvalue weighted by molar-refractivity contribution is 9.10. The molecule has 0 radical (unpaired) electrons. The van der Waals surface area contributed by atoms with Crippen LogP contribution in [0, 0.1) is 18.8 Å². The zero-order valence-corrected chi connectivity index (χ0v) is 13.4. The zero-order chi connectivity index (χ0) is 13.2. The van der Waals surface area contributed by atoms with Crippen LogP contribution in [0.3, 0.4) is 0 Å². The lowest BCUT2D eigenvalue weighted by atomic mass is 9.69. The van der Waals surface area contributed by atoms with E-state index in [-0.39, 0.29) is 0 Å². The fourth-order valence-corrected chi connectivity index (χ4v) is 4.35. The smallest absolute Gasteiger partial charge is 0.0383 e. The summed E-state index contributed by atoms with van der Waals surface area (Å²) in [5.41, 5.74) is 2.65. The molecule has 0 bridgehead atoms. The predicted molar refractivity (Wildman–Crippen MR) is 85.6 cm³/mol. The van der Waals surface area contributed by atoms with Crippen molar-refractivity contribution in [3.05, 3.63) is 28.2 Å². The number of benzene rings is 1. The van der Waals surface area contributed by atoms with Gasteiger partial charge in [-0.1, -0.05) is 47.7 Å². The van der Waals surface area contributed by atoms with E-state index < -0.39 is 0 Å². The SMILES string of the molecule is Cc1c(Br)cccc1NC1CCC2CCCCC2C1. The number of anilines is 1. The molecule has 2 saturated carbocycles. The minimum Gasteiger partial charge on any atom is -0.382 e. The molecular formula is C17H24BrN. The van der Waals surface area contributed by atoms with Crippen molar-refractivity contribution >= 4 is 21.6 Å². The van der Waals surface area contributed by atoms with E-state index in [0.717, 1.165) is 11.8 Å². The van der Waals surface area contributed by atoms with Crippen LogP contribution in [0.2, 0.25) is 0 Å². The van der Waals surface area contributed by atoms with Gasteiger partial charge in [0.25, 0.3) is 0 Å². The number of fused-ring (bicyclic) bond motifs is 1. The number of nitrogens with one attached hydrogen (secondary N) is 1. The molecule has 1 aromatic rings. The topological polar surface area (TPSA) is 12.0 Å². The Hall–Kier alpha value is -0.500. The molecule has 0 aromatic heterocycles. The summed E-state index contributed by atoms with van der Waals surface area (Å²) >= 11 is 3.63. The Morgan fingerprint density at radius 1 is 1.05 bits per heavy atom. The van der Waals surface area contributed by atoms with Gasteiger partial charge < -0.3 is 5.32 Å². The lowest BCUT2D eigenvalue weighted by Gasteiger charge is -2.40.